The molecular weight excluding hydrogens is 272 g/mol. The Morgan fingerprint density at radius 3 is 3.10 bits per heavy atom. The fourth-order valence-electron chi connectivity index (χ4n) is 3.11. The van der Waals surface area contributed by atoms with E-state index < -0.39 is 5.60 Å². The third-order valence-electron chi connectivity index (χ3n) is 3.84. The van der Waals surface area contributed by atoms with Crippen molar-refractivity contribution in [3.8, 4) is 0 Å². The fraction of sp³-hybridized carbons (Fsp3) is 0.312. The highest BCUT2D eigenvalue weighted by molar-refractivity contribution is 5.70. The molecule has 108 valence electrons. The van der Waals surface area contributed by atoms with Crippen LogP contribution in [0.3, 0.4) is 0 Å². The lowest BCUT2D eigenvalue weighted by molar-refractivity contribution is -0.139. The Labute approximate surface area is 121 Å². The van der Waals surface area contributed by atoms with Gasteiger partial charge in [-0.25, -0.2) is 0 Å². The second kappa shape index (κ2) is 4.36. The predicted molar refractivity (Wildman–Crippen MR) is 72.5 cm³/mol. The molecule has 1 unspecified atom stereocenters. The van der Waals surface area contributed by atoms with E-state index in [4.69, 9.17) is 18.9 Å². The third kappa shape index (κ3) is 1.70. The Kier molecular flexibility index (Phi) is 2.59. The first kappa shape index (κ1) is 12.5. The summed E-state index contributed by atoms with van der Waals surface area (Å²) in [7, 11) is 0. The molecule has 5 heteroatoms. The molecular formula is C16H14O5. The van der Waals surface area contributed by atoms with E-state index in [0.29, 0.717) is 18.1 Å². The highest BCUT2D eigenvalue weighted by Crippen LogP contribution is 2.49. The second-order valence-corrected chi connectivity index (χ2v) is 5.15. The van der Waals surface area contributed by atoms with Crippen molar-refractivity contribution in [1.82, 2.24) is 0 Å². The molecule has 0 bridgehead atoms. The van der Waals surface area contributed by atoms with Gasteiger partial charge in [-0.2, -0.15) is 0 Å². The molecule has 4 rings (SSSR count). The molecule has 0 amide bonds. The van der Waals surface area contributed by atoms with Gasteiger partial charge in [0, 0.05) is 18.9 Å². The predicted octanol–water partition coefficient (Wildman–Crippen LogP) is 2.24. The Morgan fingerprint density at radius 1 is 1.33 bits per heavy atom. The number of carbonyl (C=O) groups excluding carboxylic acids is 1. The van der Waals surface area contributed by atoms with E-state index in [2.05, 4.69) is 0 Å². The summed E-state index contributed by atoms with van der Waals surface area (Å²) < 4.78 is 22.6. The standard InChI is InChI=1S/C16H14O5/c1-10(17)21-13-8-11-4-2-5-12-14(11)16(20-9-19-12)6-3-7-18-15(13)16/h2-4,6,8H,5,7,9H2,1H3. The number of hydrogen-bond acceptors (Lipinski definition) is 5. The first-order valence-electron chi connectivity index (χ1n) is 6.83. The van der Waals surface area contributed by atoms with E-state index in [1.54, 1.807) is 6.08 Å². The van der Waals surface area contributed by atoms with Crippen LogP contribution in [0.15, 0.2) is 58.8 Å². The van der Waals surface area contributed by atoms with E-state index in [1.807, 2.05) is 24.3 Å². The lowest BCUT2D eigenvalue weighted by Crippen LogP contribution is -2.46. The van der Waals surface area contributed by atoms with Crippen LogP contribution < -0.4 is 0 Å². The Morgan fingerprint density at radius 2 is 2.24 bits per heavy atom. The Bertz CT molecular complexity index is 677. The summed E-state index contributed by atoms with van der Waals surface area (Å²) >= 11 is 0. The zero-order chi connectivity index (χ0) is 14.4. The average Bonchev–Trinajstić information content (AvgIpc) is 2.47. The molecule has 0 radical (unpaired) electrons. The quantitative estimate of drug-likeness (QED) is 0.546. The van der Waals surface area contributed by atoms with Crippen molar-refractivity contribution in [2.75, 3.05) is 13.4 Å². The monoisotopic (exact) mass is 286 g/mol. The van der Waals surface area contributed by atoms with Crippen molar-refractivity contribution in [1.29, 1.82) is 0 Å². The summed E-state index contributed by atoms with van der Waals surface area (Å²) in [5.74, 6) is 1.42. The molecule has 1 atom stereocenters. The number of ether oxygens (including phenoxy) is 4. The molecule has 0 saturated carbocycles. The maximum atomic E-state index is 11.4. The summed E-state index contributed by atoms with van der Waals surface area (Å²) in [6.45, 7) is 1.94. The number of hydrogen-bond donors (Lipinski definition) is 0. The molecule has 0 aromatic heterocycles. The first-order chi connectivity index (χ1) is 10.2. The van der Waals surface area contributed by atoms with E-state index in [1.165, 1.54) is 6.92 Å². The largest absolute Gasteiger partial charge is 0.486 e. The third-order valence-corrected chi connectivity index (χ3v) is 3.84. The van der Waals surface area contributed by atoms with Gasteiger partial charge in [0.25, 0.3) is 0 Å². The minimum Gasteiger partial charge on any atom is -0.486 e. The molecule has 2 heterocycles. The number of esters is 1. The molecule has 0 saturated heterocycles. The second-order valence-electron chi connectivity index (χ2n) is 5.15. The van der Waals surface area contributed by atoms with Gasteiger partial charge in [-0.15, -0.1) is 0 Å². The molecule has 4 aliphatic rings. The highest BCUT2D eigenvalue weighted by Gasteiger charge is 2.51. The van der Waals surface area contributed by atoms with Gasteiger partial charge < -0.3 is 18.9 Å². The lowest BCUT2D eigenvalue weighted by Gasteiger charge is -2.44. The molecule has 1 spiro atoms. The normalized spacial score (nSPS) is 29.1. The summed E-state index contributed by atoms with van der Waals surface area (Å²) in [6, 6.07) is 0. The zero-order valence-electron chi connectivity index (χ0n) is 11.5. The Hall–Kier alpha value is -2.27. The van der Waals surface area contributed by atoms with Gasteiger partial charge in [0.2, 0.25) is 0 Å². The maximum Gasteiger partial charge on any atom is 0.308 e. The molecule has 21 heavy (non-hydrogen) atoms. The van der Waals surface area contributed by atoms with Crippen molar-refractivity contribution in [3.05, 3.63) is 58.8 Å². The smallest absolute Gasteiger partial charge is 0.308 e. The maximum absolute atomic E-state index is 11.4. The molecule has 0 N–H and O–H groups in total. The van der Waals surface area contributed by atoms with Crippen molar-refractivity contribution in [2.24, 2.45) is 0 Å². The van der Waals surface area contributed by atoms with Crippen LogP contribution in [0.1, 0.15) is 13.3 Å². The summed E-state index contributed by atoms with van der Waals surface area (Å²) in [5.41, 5.74) is 1.02. The van der Waals surface area contributed by atoms with E-state index in [0.717, 1.165) is 23.3 Å². The molecule has 0 fully saturated rings. The van der Waals surface area contributed by atoms with Crippen molar-refractivity contribution in [3.63, 3.8) is 0 Å². The number of rotatable bonds is 1. The topological polar surface area (TPSA) is 54.0 Å². The summed E-state index contributed by atoms with van der Waals surface area (Å²) in [5, 5.41) is 0. The van der Waals surface area contributed by atoms with Crippen molar-refractivity contribution in [2.45, 2.75) is 18.9 Å². The van der Waals surface area contributed by atoms with Crippen LogP contribution in [0.2, 0.25) is 0 Å². The first-order valence-corrected chi connectivity index (χ1v) is 6.83. The highest BCUT2D eigenvalue weighted by atomic mass is 16.7. The van der Waals surface area contributed by atoms with Crippen LogP contribution in [0, 0.1) is 0 Å². The zero-order valence-corrected chi connectivity index (χ0v) is 11.5. The van der Waals surface area contributed by atoms with E-state index in [-0.39, 0.29) is 12.8 Å². The fourth-order valence-corrected chi connectivity index (χ4v) is 3.11. The van der Waals surface area contributed by atoms with E-state index in [9.17, 15) is 4.79 Å². The van der Waals surface area contributed by atoms with Gasteiger partial charge in [-0.1, -0.05) is 12.2 Å². The molecule has 5 nitrogen and oxygen atoms in total. The van der Waals surface area contributed by atoms with Gasteiger partial charge in [-0.3, -0.25) is 4.79 Å². The van der Waals surface area contributed by atoms with Gasteiger partial charge in [0.15, 0.2) is 23.9 Å². The van der Waals surface area contributed by atoms with Gasteiger partial charge in [0.05, 0.1) is 0 Å². The van der Waals surface area contributed by atoms with Crippen LogP contribution in [0.4, 0.5) is 0 Å². The minimum absolute atomic E-state index is 0.143. The molecule has 2 aliphatic heterocycles. The minimum atomic E-state index is -0.842. The molecule has 2 aliphatic carbocycles. The van der Waals surface area contributed by atoms with E-state index >= 15 is 0 Å². The van der Waals surface area contributed by atoms with Crippen molar-refractivity contribution < 1.29 is 23.7 Å². The van der Waals surface area contributed by atoms with Crippen LogP contribution in [-0.2, 0) is 23.7 Å². The number of carbonyl (C=O) groups is 1. The average molecular weight is 286 g/mol. The Balaban J connectivity index is 1.97. The SMILES string of the molecule is CC(=O)OC1=C2OCC=CC23OCOC2=C3C(=C1)C=CC2. The van der Waals surface area contributed by atoms with Crippen LogP contribution >= 0.6 is 0 Å². The molecule has 0 aromatic carbocycles. The van der Waals surface area contributed by atoms with Gasteiger partial charge in [-0.05, 0) is 23.8 Å². The van der Waals surface area contributed by atoms with Crippen LogP contribution in [0.25, 0.3) is 0 Å². The summed E-state index contributed by atoms with van der Waals surface area (Å²) in [4.78, 5) is 11.4. The van der Waals surface area contributed by atoms with Gasteiger partial charge >= 0.3 is 5.97 Å². The summed E-state index contributed by atoms with van der Waals surface area (Å²) in [6.07, 6.45) is 10.4. The van der Waals surface area contributed by atoms with Gasteiger partial charge in [0.1, 0.15) is 12.4 Å². The van der Waals surface area contributed by atoms with Crippen LogP contribution in [0.5, 0.6) is 0 Å². The lowest BCUT2D eigenvalue weighted by atomic mass is 9.77. The molecule has 0 aromatic rings. The number of allylic oxidation sites excluding steroid dienone is 3. The van der Waals surface area contributed by atoms with Crippen LogP contribution in [-0.4, -0.2) is 25.0 Å². The van der Waals surface area contributed by atoms with Crippen molar-refractivity contribution >= 4 is 5.97 Å².